The van der Waals surface area contributed by atoms with Crippen LogP contribution in [0.1, 0.15) is 11.1 Å². The van der Waals surface area contributed by atoms with Gasteiger partial charge in [-0.15, -0.1) is 0 Å². The number of hydrogen-bond acceptors (Lipinski definition) is 2. The molecule has 0 aromatic heterocycles. The maximum atomic E-state index is 13.4. The fourth-order valence-corrected chi connectivity index (χ4v) is 1.99. The highest BCUT2D eigenvalue weighted by atomic mass is 19.1. The molecule has 0 aliphatic rings. The lowest BCUT2D eigenvalue weighted by Crippen LogP contribution is -2.23. The fraction of sp³-hybridized carbons (Fsp3) is 0.188. The Morgan fingerprint density at radius 1 is 1.10 bits per heavy atom. The Morgan fingerprint density at radius 2 is 1.76 bits per heavy atom. The van der Waals surface area contributed by atoms with Gasteiger partial charge in [-0.25, -0.2) is 8.78 Å². The van der Waals surface area contributed by atoms with E-state index < -0.39 is 23.2 Å². The second-order valence-corrected chi connectivity index (χ2v) is 4.82. The molecule has 2 aromatic carbocycles. The van der Waals surface area contributed by atoms with E-state index in [1.54, 1.807) is 0 Å². The predicted octanol–water partition coefficient (Wildman–Crippen LogP) is 3.63. The average molecular weight is 290 g/mol. The highest BCUT2D eigenvalue weighted by Crippen LogP contribution is 2.18. The van der Waals surface area contributed by atoms with Gasteiger partial charge in [0.2, 0.25) is 5.91 Å². The molecular weight excluding hydrogens is 274 g/mol. The van der Waals surface area contributed by atoms with Gasteiger partial charge < -0.3 is 10.6 Å². The summed E-state index contributed by atoms with van der Waals surface area (Å²) in [6.07, 6.45) is 0. The lowest BCUT2D eigenvalue weighted by atomic mass is 10.1. The smallest absolute Gasteiger partial charge is 0.243 e. The molecular formula is C16H16F2N2O. The maximum absolute atomic E-state index is 13.4. The first-order chi connectivity index (χ1) is 9.97. The van der Waals surface area contributed by atoms with Crippen LogP contribution in [-0.2, 0) is 4.79 Å². The standard InChI is InChI=1S/C16H16F2N2O/c1-10-6-7-14(11(2)8-10)19-9-15(21)20-16-12(17)4-3-5-13(16)18/h3-8,19H,9H2,1-2H3,(H,20,21). The van der Waals surface area contributed by atoms with E-state index in [0.717, 1.165) is 28.9 Å². The number of amides is 1. The third-order valence-electron chi connectivity index (χ3n) is 3.05. The normalized spacial score (nSPS) is 10.3. The number of anilines is 2. The topological polar surface area (TPSA) is 41.1 Å². The Bertz CT molecular complexity index is 651. The number of carbonyl (C=O) groups excluding carboxylic acids is 1. The SMILES string of the molecule is Cc1ccc(NCC(=O)Nc2c(F)cccc2F)c(C)c1. The first-order valence-corrected chi connectivity index (χ1v) is 6.52. The number of rotatable bonds is 4. The summed E-state index contributed by atoms with van der Waals surface area (Å²) in [4.78, 5) is 11.8. The monoisotopic (exact) mass is 290 g/mol. The van der Waals surface area contributed by atoms with E-state index in [1.807, 2.05) is 32.0 Å². The Balaban J connectivity index is 1.99. The van der Waals surface area contributed by atoms with Crippen molar-refractivity contribution in [2.24, 2.45) is 0 Å². The highest BCUT2D eigenvalue weighted by molar-refractivity contribution is 5.94. The van der Waals surface area contributed by atoms with E-state index in [-0.39, 0.29) is 6.54 Å². The van der Waals surface area contributed by atoms with Crippen LogP contribution >= 0.6 is 0 Å². The second-order valence-electron chi connectivity index (χ2n) is 4.82. The second kappa shape index (κ2) is 6.35. The lowest BCUT2D eigenvalue weighted by Gasteiger charge is -2.11. The number of aryl methyl sites for hydroxylation is 2. The van der Waals surface area contributed by atoms with E-state index in [2.05, 4.69) is 10.6 Å². The van der Waals surface area contributed by atoms with Crippen molar-refractivity contribution in [3.63, 3.8) is 0 Å². The average Bonchev–Trinajstić information content (AvgIpc) is 2.42. The van der Waals surface area contributed by atoms with Crippen LogP contribution in [0.4, 0.5) is 20.2 Å². The van der Waals surface area contributed by atoms with Crippen LogP contribution in [0.3, 0.4) is 0 Å². The minimum absolute atomic E-state index is 0.0718. The number of benzene rings is 2. The summed E-state index contributed by atoms with van der Waals surface area (Å²) >= 11 is 0. The van der Waals surface area contributed by atoms with Crippen LogP contribution in [0.5, 0.6) is 0 Å². The van der Waals surface area contributed by atoms with Gasteiger partial charge in [0.15, 0.2) is 0 Å². The number of carbonyl (C=O) groups is 1. The van der Waals surface area contributed by atoms with E-state index in [0.29, 0.717) is 0 Å². The number of halogens is 2. The van der Waals surface area contributed by atoms with Gasteiger partial charge in [0.05, 0.1) is 6.54 Å². The Labute approximate surface area is 122 Å². The van der Waals surface area contributed by atoms with Crippen LogP contribution in [0.2, 0.25) is 0 Å². The molecule has 2 aromatic rings. The molecule has 2 rings (SSSR count). The molecule has 0 saturated heterocycles. The van der Waals surface area contributed by atoms with Gasteiger partial charge in [0.25, 0.3) is 0 Å². The molecule has 0 radical (unpaired) electrons. The zero-order valence-electron chi connectivity index (χ0n) is 11.8. The number of hydrogen-bond donors (Lipinski definition) is 2. The molecule has 2 N–H and O–H groups in total. The van der Waals surface area contributed by atoms with E-state index >= 15 is 0 Å². The van der Waals surface area contributed by atoms with Gasteiger partial charge >= 0.3 is 0 Å². The van der Waals surface area contributed by atoms with Gasteiger partial charge in [-0.2, -0.15) is 0 Å². The molecule has 0 unspecified atom stereocenters. The Hall–Kier alpha value is -2.43. The zero-order chi connectivity index (χ0) is 15.4. The van der Waals surface area contributed by atoms with Crippen molar-refractivity contribution >= 4 is 17.3 Å². The predicted molar refractivity (Wildman–Crippen MR) is 79.4 cm³/mol. The van der Waals surface area contributed by atoms with Gasteiger partial charge in [0, 0.05) is 5.69 Å². The minimum atomic E-state index is -0.796. The molecule has 0 aliphatic heterocycles. The molecule has 0 saturated carbocycles. The summed E-state index contributed by atoms with van der Waals surface area (Å²) in [5, 5.41) is 5.17. The molecule has 5 heteroatoms. The van der Waals surface area contributed by atoms with Gasteiger partial charge in [-0.3, -0.25) is 4.79 Å². The third kappa shape index (κ3) is 3.78. The Morgan fingerprint density at radius 3 is 2.38 bits per heavy atom. The van der Waals surface area contributed by atoms with E-state index in [9.17, 15) is 13.6 Å². The van der Waals surface area contributed by atoms with Gasteiger partial charge in [-0.05, 0) is 37.6 Å². The largest absolute Gasteiger partial charge is 0.376 e. The van der Waals surface area contributed by atoms with Crippen molar-refractivity contribution in [3.05, 3.63) is 59.2 Å². The van der Waals surface area contributed by atoms with Crippen LogP contribution in [-0.4, -0.2) is 12.5 Å². The van der Waals surface area contributed by atoms with Crippen LogP contribution < -0.4 is 10.6 Å². The Kier molecular flexibility index (Phi) is 4.52. The summed E-state index contributed by atoms with van der Waals surface area (Å²) < 4.78 is 26.8. The molecule has 0 atom stereocenters. The van der Waals surface area contributed by atoms with Crippen molar-refractivity contribution in [1.82, 2.24) is 0 Å². The molecule has 21 heavy (non-hydrogen) atoms. The highest BCUT2D eigenvalue weighted by Gasteiger charge is 2.11. The number of para-hydroxylation sites is 1. The van der Waals surface area contributed by atoms with Gasteiger partial charge in [0.1, 0.15) is 17.3 Å². The van der Waals surface area contributed by atoms with Crippen molar-refractivity contribution in [2.75, 3.05) is 17.2 Å². The van der Waals surface area contributed by atoms with E-state index in [1.165, 1.54) is 6.07 Å². The summed E-state index contributed by atoms with van der Waals surface area (Å²) in [6, 6.07) is 9.20. The first-order valence-electron chi connectivity index (χ1n) is 6.52. The molecule has 0 spiro atoms. The van der Waals surface area contributed by atoms with Crippen molar-refractivity contribution in [1.29, 1.82) is 0 Å². The molecule has 0 heterocycles. The molecule has 0 aliphatic carbocycles. The zero-order valence-corrected chi connectivity index (χ0v) is 11.8. The number of nitrogens with one attached hydrogen (secondary N) is 2. The van der Waals surface area contributed by atoms with Crippen molar-refractivity contribution in [3.8, 4) is 0 Å². The third-order valence-corrected chi connectivity index (χ3v) is 3.05. The van der Waals surface area contributed by atoms with Crippen LogP contribution in [0, 0.1) is 25.5 Å². The summed E-state index contributed by atoms with van der Waals surface area (Å²) in [6.45, 7) is 3.83. The quantitative estimate of drug-likeness (QED) is 0.902. The minimum Gasteiger partial charge on any atom is -0.376 e. The molecule has 1 amide bonds. The van der Waals surface area contributed by atoms with Crippen LogP contribution in [0.15, 0.2) is 36.4 Å². The molecule has 110 valence electrons. The first kappa shape index (κ1) is 15.0. The van der Waals surface area contributed by atoms with Crippen molar-refractivity contribution < 1.29 is 13.6 Å². The maximum Gasteiger partial charge on any atom is 0.243 e. The summed E-state index contributed by atoms with van der Waals surface area (Å²) in [7, 11) is 0. The van der Waals surface area contributed by atoms with E-state index in [4.69, 9.17) is 0 Å². The molecule has 0 bridgehead atoms. The molecule has 3 nitrogen and oxygen atoms in total. The summed E-state index contributed by atoms with van der Waals surface area (Å²) in [5.74, 6) is -2.11. The summed E-state index contributed by atoms with van der Waals surface area (Å²) in [5.41, 5.74) is 2.51. The lowest BCUT2D eigenvalue weighted by molar-refractivity contribution is -0.114. The van der Waals surface area contributed by atoms with Crippen LogP contribution in [0.25, 0.3) is 0 Å². The molecule has 0 fully saturated rings. The fourth-order valence-electron chi connectivity index (χ4n) is 1.99. The van der Waals surface area contributed by atoms with Gasteiger partial charge in [-0.1, -0.05) is 23.8 Å². The van der Waals surface area contributed by atoms with Crippen molar-refractivity contribution in [2.45, 2.75) is 13.8 Å².